The molecule has 2 heterocycles. The number of aliphatic hydroxyl groups is 1. The molecule has 0 bridgehead atoms. The van der Waals surface area contributed by atoms with Crippen molar-refractivity contribution in [3.8, 4) is 5.75 Å². The number of rotatable bonds is 7. The Balaban J connectivity index is 1.77. The first kappa shape index (κ1) is 23.5. The summed E-state index contributed by atoms with van der Waals surface area (Å²) in [6.07, 6.45) is 0.816. The Morgan fingerprint density at radius 2 is 1.85 bits per heavy atom. The van der Waals surface area contributed by atoms with Gasteiger partial charge in [0.2, 0.25) is 0 Å². The van der Waals surface area contributed by atoms with Crippen LogP contribution in [0.3, 0.4) is 0 Å². The van der Waals surface area contributed by atoms with E-state index >= 15 is 0 Å². The number of amides is 1. The number of likely N-dealkylation sites (N-methyl/N-ethyl adjacent to an activating group) is 1. The number of carbonyl (C=O) groups excluding carboxylic acids is 2. The summed E-state index contributed by atoms with van der Waals surface area (Å²) in [7, 11) is 0. The Hall–Kier alpha value is -2.64. The molecule has 0 aliphatic carbocycles. The van der Waals surface area contributed by atoms with Gasteiger partial charge in [-0.1, -0.05) is 41.9 Å². The predicted molar refractivity (Wildman–Crippen MR) is 131 cm³/mol. The summed E-state index contributed by atoms with van der Waals surface area (Å²) in [6, 6.07) is 12.3. The average Bonchev–Trinajstić information content (AvgIpc) is 3.30. The number of Topliss-reactive ketones (excluding diaryl/α,β-unsaturated/α-hetero) is 1. The van der Waals surface area contributed by atoms with Crippen LogP contribution in [0.25, 0.3) is 5.76 Å². The Morgan fingerprint density at radius 1 is 1.15 bits per heavy atom. The van der Waals surface area contributed by atoms with Crippen molar-refractivity contribution < 1.29 is 19.4 Å². The van der Waals surface area contributed by atoms with Crippen molar-refractivity contribution in [2.75, 3.05) is 26.2 Å². The highest BCUT2D eigenvalue weighted by atomic mass is 79.9. The van der Waals surface area contributed by atoms with Crippen LogP contribution in [0.15, 0.2) is 52.5 Å². The van der Waals surface area contributed by atoms with Crippen LogP contribution in [0.4, 0.5) is 0 Å². The lowest BCUT2D eigenvalue weighted by molar-refractivity contribution is -0.140. The number of hydrogen-bond acceptors (Lipinski definition) is 5. The second kappa shape index (κ2) is 9.69. The minimum atomic E-state index is -0.648. The molecule has 2 unspecified atom stereocenters. The Morgan fingerprint density at radius 3 is 2.52 bits per heavy atom. The number of nitrogens with zero attached hydrogens (tertiary/aromatic N) is 2. The Bertz CT molecular complexity index is 1090. The van der Waals surface area contributed by atoms with Crippen LogP contribution in [0.5, 0.6) is 5.75 Å². The molecule has 7 heteroatoms. The largest absolute Gasteiger partial charge is 0.507 e. The number of hydrogen-bond donors (Lipinski definition) is 1. The molecule has 2 atom stereocenters. The van der Waals surface area contributed by atoms with Gasteiger partial charge in [-0.25, -0.2) is 0 Å². The average molecular weight is 513 g/mol. The number of likely N-dealkylation sites (tertiary alicyclic amines) is 1. The molecule has 2 aliphatic heterocycles. The van der Waals surface area contributed by atoms with Gasteiger partial charge in [-0.2, -0.15) is 0 Å². The van der Waals surface area contributed by atoms with E-state index in [1.807, 2.05) is 43.3 Å². The van der Waals surface area contributed by atoms with E-state index in [1.54, 1.807) is 11.0 Å². The SMILES string of the molecule is CCN(CC)CCN1C(=O)C(=O)/C(=C(/O)c2ccc3c(c2)CC(C)O3)C1c1ccc(Br)cc1. The molecular formula is C26H29BrN2O4. The van der Waals surface area contributed by atoms with Gasteiger partial charge in [0.25, 0.3) is 11.7 Å². The molecule has 4 rings (SSSR count). The molecule has 0 radical (unpaired) electrons. The van der Waals surface area contributed by atoms with Gasteiger partial charge in [-0.15, -0.1) is 0 Å². The van der Waals surface area contributed by atoms with E-state index in [0.29, 0.717) is 18.7 Å². The van der Waals surface area contributed by atoms with E-state index in [1.165, 1.54) is 0 Å². The fourth-order valence-electron chi connectivity index (χ4n) is 4.62. The zero-order valence-corrected chi connectivity index (χ0v) is 20.8. The minimum Gasteiger partial charge on any atom is -0.507 e. The van der Waals surface area contributed by atoms with Crippen molar-refractivity contribution >= 4 is 33.4 Å². The summed E-state index contributed by atoms with van der Waals surface area (Å²) in [5.74, 6) is -0.572. The number of ketones is 1. The smallest absolute Gasteiger partial charge is 0.295 e. The van der Waals surface area contributed by atoms with Gasteiger partial charge in [-0.3, -0.25) is 9.59 Å². The van der Waals surface area contributed by atoms with Crippen molar-refractivity contribution in [2.45, 2.75) is 39.3 Å². The summed E-state index contributed by atoms with van der Waals surface area (Å²) in [4.78, 5) is 30.1. The summed E-state index contributed by atoms with van der Waals surface area (Å²) in [5, 5.41) is 11.3. The molecule has 0 spiro atoms. The van der Waals surface area contributed by atoms with Gasteiger partial charge < -0.3 is 19.6 Å². The monoisotopic (exact) mass is 512 g/mol. The maximum Gasteiger partial charge on any atom is 0.295 e. The number of aliphatic hydroxyl groups excluding tert-OH is 1. The predicted octanol–water partition coefficient (Wildman–Crippen LogP) is 4.54. The number of ether oxygens (including phenoxy) is 1. The van der Waals surface area contributed by atoms with E-state index in [9.17, 15) is 14.7 Å². The third kappa shape index (κ3) is 4.57. The molecule has 2 aromatic rings. The summed E-state index contributed by atoms with van der Waals surface area (Å²) in [5.41, 5.74) is 2.43. The Kier molecular flexibility index (Phi) is 6.91. The van der Waals surface area contributed by atoms with Gasteiger partial charge in [0, 0.05) is 29.5 Å². The number of fused-ring (bicyclic) bond motifs is 1. The number of benzene rings is 2. The normalized spacial score (nSPS) is 21.5. The van der Waals surface area contributed by atoms with Crippen LogP contribution in [0.1, 0.15) is 43.5 Å². The molecular weight excluding hydrogens is 484 g/mol. The molecule has 1 fully saturated rings. The van der Waals surface area contributed by atoms with E-state index < -0.39 is 17.7 Å². The third-order valence-electron chi connectivity index (χ3n) is 6.45. The van der Waals surface area contributed by atoms with Crippen LogP contribution in [-0.2, 0) is 16.0 Å². The van der Waals surface area contributed by atoms with Gasteiger partial charge in [0.1, 0.15) is 17.6 Å². The minimum absolute atomic E-state index is 0.0748. The number of carbonyl (C=O) groups is 2. The molecule has 1 amide bonds. The first-order valence-corrected chi connectivity index (χ1v) is 12.2. The van der Waals surface area contributed by atoms with Crippen molar-refractivity contribution in [2.24, 2.45) is 0 Å². The summed E-state index contributed by atoms with van der Waals surface area (Å²) >= 11 is 3.45. The van der Waals surface area contributed by atoms with Gasteiger partial charge in [0.05, 0.1) is 11.6 Å². The molecule has 2 aliphatic rings. The summed E-state index contributed by atoms with van der Waals surface area (Å²) in [6.45, 7) is 8.91. The van der Waals surface area contributed by atoms with Gasteiger partial charge in [0.15, 0.2) is 0 Å². The topological polar surface area (TPSA) is 70.1 Å². The van der Waals surface area contributed by atoms with E-state index in [4.69, 9.17) is 4.74 Å². The highest BCUT2D eigenvalue weighted by molar-refractivity contribution is 9.10. The lowest BCUT2D eigenvalue weighted by Crippen LogP contribution is -2.38. The molecule has 174 valence electrons. The first-order chi connectivity index (χ1) is 15.8. The molecule has 1 N–H and O–H groups in total. The highest BCUT2D eigenvalue weighted by Crippen LogP contribution is 2.40. The zero-order valence-electron chi connectivity index (χ0n) is 19.2. The van der Waals surface area contributed by atoms with Crippen LogP contribution < -0.4 is 4.74 Å². The fourth-order valence-corrected chi connectivity index (χ4v) is 4.88. The van der Waals surface area contributed by atoms with Crippen molar-refractivity contribution in [1.29, 1.82) is 0 Å². The molecule has 6 nitrogen and oxygen atoms in total. The van der Waals surface area contributed by atoms with E-state index in [0.717, 1.165) is 40.9 Å². The number of halogens is 1. The van der Waals surface area contributed by atoms with Crippen molar-refractivity contribution in [1.82, 2.24) is 9.80 Å². The van der Waals surface area contributed by atoms with Crippen molar-refractivity contribution in [3.63, 3.8) is 0 Å². The van der Waals surface area contributed by atoms with Crippen molar-refractivity contribution in [3.05, 3.63) is 69.2 Å². The highest BCUT2D eigenvalue weighted by Gasteiger charge is 2.46. The maximum atomic E-state index is 13.2. The standard InChI is InChI=1S/C26H29BrN2O4/c1-4-28(5-2)12-13-29-23(17-6-9-20(27)10-7-17)22(25(31)26(29)32)24(30)18-8-11-21-19(15-18)14-16(3)33-21/h6-11,15-16,23,30H,4-5,12-14H2,1-3H3/b24-22+. The second-order valence-corrected chi connectivity index (χ2v) is 9.44. The maximum absolute atomic E-state index is 13.2. The second-order valence-electron chi connectivity index (χ2n) is 8.53. The van der Waals surface area contributed by atoms with Crippen LogP contribution in [0, 0.1) is 0 Å². The molecule has 0 saturated carbocycles. The Labute approximate surface area is 203 Å². The zero-order chi connectivity index (χ0) is 23.7. The van der Waals surface area contributed by atoms with Crippen LogP contribution in [-0.4, -0.2) is 58.9 Å². The van der Waals surface area contributed by atoms with Crippen LogP contribution >= 0.6 is 15.9 Å². The molecule has 33 heavy (non-hydrogen) atoms. The quantitative estimate of drug-likeness (QED) is 0.335. The van der Waals surface area contributed by atoms with Gasteiger partial charge in [-0.05, 0) is 61.5 Å². The lowest BCUT2D eigenvalue weighted by Gasteiger charge is -2.28. The molecule has 0 aromatic heterocycles. The summed E-state index contributed by atoms with van der Waals surface area (Å²) < 4.78 is 6.67. The molecule has 2 aromatic carbocycles. The van der Waals surface area contributed by atoms with Gasteiger partial charge >= 0.3 is 0 Å². The fraction of sp³-hybridized carbons (Fsp3) is 0.385. The molecule has 1 saturated heterocycles. The van der Waals surface area contributed by atoms with E-state index in [2.05, 4.69) is 34.7 Å². The van der Waals surface area contributed by atoms with E-state index in [-0.39, 0.29) is 17.4 Å². The lowest BCUT2D eigenvalue weighted by atomic mass is 9.94. The third-order valence-corrected chi connectivity index (χ3v) is 6.98. The first-order valence-electron chi connectivity index (χ1n) is 11.4. The van der Waals surface area contributed by atoms with Crippen LogP contribution in [0.2, 0.25) is 0 Å².